The topological polar surface area (TPSA) is 58.2 Å². The molecule has 0 aromatic heterocycles. The summed E-state index contributed by atoms with van der Waals surface area (Å²) in [4.78, 5) is 24.1. The molecule has 20 heavy (non-hydrogen) atoms. The number of rotatable bonds is 2. The Morgan fingerprint density at radius 2 is 2.00 bits per heavy atom. The summed E-state index contributed by atoms with van der Waals surface area (Å²) in [6.45, 7) is -0.417. The summed E-state index contributed by atoms with van der Waals surface area (Å²) in [5.74, 6) is -0.0276. The monoisotopic (exact) mass is 282 g/mol. The molecule has 0 radical (unpaired) electrons. The van der Waals surface area contributed by atoms with Gasteiger partial charge in [-0.15, -0.1) is 0 Å². The van der Waals surface area contributed by atoms with Crippen LogP contribution in [0.1, 0.15) is 44.9 Å². The lowest BCUT2D eigenvalue weighted by Gasteiger charge is -2.31. The van der Waals surface area contributed by atoms with E-state index in [1.807, 2.05) is 0 Å². The van der Waals surface area contributed by atoms with Crippen LogP contribution in [0.2, 0.25) is 0 Å². The first-order chi connectivity index (χ1) is 9.67. The first-order valence-electron chi connectivity index (χ1n) is 7.80. The van der Waals surface area contributed by atoms with Crippen molar-refractivity contribution >= 4 is 11.7 Å². The van der Waals surface area contributed by atoms with Gasteiger partial charge >= 0.3 is 0 Å². The summed E-state index contributed by atoms with van der Waals surface area (Å²) in [5, 5.41) is 6.24. The number of alkyl halides is 1. The van der Waals surface area contributed by atoms with Crippen LogP contribution in [0.5, 0.6) is 0 Å². The average Bonchev–Trinajstić information content (AvgIpc) is 2.96. The highest BCUT2D eigenvalue weighted by molar-refractivity contribution is 5.91. The third-order valence-electron chi connectivity index (χ3n) is 5.50. The zero-order valence-corrected chi connectivity index (χ0v) is 11.8. The van der Waals surface area contributed by atoms with E-state index >= 15 is 0 Å². The van der Waals surface area contributed by atoms with Gasteiger partial charge in [-0.3, -0.25) is 9.59 Å². The van der Waals surface area contributed by atoms with E-state index in [0.717, 1.165) is 25.7 Å². The Kier molecular flexibility index (Phi) is 3.80. The molecule has 4 unspecified atom stereocenters. The van der Waals surface area contributed by atoms with Gasteiger partial charge in [0, 0.05) is 12.6 Å². The molecule has 3 rings (SSSR count). The largest absolute Gasteiger partial charge is 0.353 e. The van der Waals surface area contributed by atoms with Gasteiger partial charge < -0.3 is 10.6 Å². The zero-order chi connectivity index (χ0) is 14.2. The molecule has 4 nitrogen and oxygen atoms in total. The molecule has 0 aromatic carbocycles. The second-order valence-corrected chi connectivity index (χ2v) is 6.57. The van der Waals surface area contributed by atoms with Gasteiger partial charge in [-0.05, 0) is 25.2 Å². The van der Waals surface area contributed by atoms with Gasteiger partial charge in [0.2, 0.25) is 5.91 Å². The summed E-state index contributed by atoms with van der Waals surface area (Å²) in [5.41, 5.74) is -0.475. The molecule has 4 atom stereocenters. The predicted molar refractivity (Wildman–Crippen MR) is 72.9 cm³/mol. The summed E-state index contributed by atoms with van der Waals surface area (Å²) in [6, 6.07) is -0.223. The highest BCUT2D eigenvalue weighted by Gasteiger charge is 2.58. The van der Waals surface area contributed by atoms with Crippen LogP contribution >= 0.6 is 0 Å². The smallest absolute Gasteiger partial charge is 0.228 e. The quantitative estimate of drug-likeness (QED) is 0.803. The number of halogens is 1. The van der Waals surface area contributed by atoms with Crippen LogP contribution in [-0.2, 0) is 9.59 Å². The van der Waals surface area contributed by atoms with Crippen molar-refractivity contribution in [3.05, 3.63) is 0 Å². The molecule has 2 aliphatic heterocycles. The number of ketones is 1. The van der Waals surface area contributed by atoms with Crippen LogP contribution < -0.4 is 10.6 Å². The first-order valence-corrected chi connectivity index (χ1v) is 7.80. The Morgan fingerprint density at radius 3 is 2.75 bits per heavy atom. The summed E-state index contributed by atoms with van der Waals surface area (Å²) in [7, 11) is 0. The van der Waals surface area contributed by atoms with Crippen molar-refractivity contribution in [1.29, 1.82) is 0 Å². The lowest BCUT2D eigenvalue weighted by Crippen LogP contribution is -2.37. The molecule has 2 heterocycles. The van der Waals surface area contributed by atoms with Gasteiger partial charge in [0.15, 0.2) is 5.78 Å². The number of hydrogen-bond acceptors (Lipinski definition) is 3. The Bertz CT molecular complexity index is 415. The molecule has 1 spiro atoms. The van der Waals surface area contributed by atoms with Gasteiger partial charge in [0.1, 0.15) is 6.67 Å². The van der Waals surface area contributed by atoms with E-state index in [2.05, 4.69) is 10.6 Å². The van der Waals surface area contributed by atoms with Crippen LogP contribution in [0, 0.1) is 11.3 Å². The molecule has 1 aliphatic carbocycles. The van der Waals surface area contributed by atoms with Crippen LogP contribution in [0.3, 0.4) is 0 Å². The average molecular weight is 282 g/mol. The lowest BCUT2D eigenvalue weighted by atomic mass is 9.69. The molecule has 1 amide bonds. The minimum absolute atomic E-state index is 0.0797. The van der Waals surface area contributed by atoms with Gasteiger partial charge in [-0.25, -0.2) is 4.39 Å². The molecule has 0 bridgehead atoms. The van der Waals surface area contributed by atoms with Gasteiger partial charge in [0.25, 0.3) is 0 Å². The highest BCUT2D eigenvalue weighted by Crippen LogP contribution is 2.47. The number of Topliss-reactive ketones (excluding diaryl/α,β-unsaturated/α-hetero) is 1. The normalized spacial score (nSPS) is 41.0. The van der Waals surface area contributed by atoms with E-state index in [-0.39, 0.29) is 11.9 Å². The predicted octanol–water partition coefficient (Wildman–Crippen LogP) is 1.34. The van der Waals surface area contributed by atoms with Crippen molar-refractivity contribution < 1.29 is 14.0 Å². The van der Waals surface area contributed by atoms with E-state index in [9.17, 15) is 14.0 Å². The van der Waals surface area contributed by atoms with Gasteiger partial charge in [-0.1, -0.05) is 25.7 Å². The van der Waals surface area contributed by atoms with E-state index in [4.69, 9.17) is 0 Å². The molecule has 112 valence electrons. The molecule has 5 heteroatoms. The molecule has 3 aliphatic rings. The van der Waals surface area contributed by atoms with Crippen LogP contribution in [0.25, 0.3) is 0 Å². The number of carbonyl (C=O) groups is 2. The fourth-order valence-electron chi connectivity index (χ4n) is 4.39. The van der Waals surface area contributed by atoms with Crippen LogP contribution in [-0.4, -0.2) is 37.0 Å². The van der Waals surface area contributed by atoms with Crippen molar-refractivity contribution in [2.75, 3.05) is 13.2 Å². The van der Waals surface area contributed by atoms with Crippen LogP contribution in [0.4, 0.5) is 4.39 Å². The zero-order valence-electron chi connectivity index (χ0n) is 11.8. The second-order valence-electron chi connectivity index (χ2n) is 6.57. The van der Waals surface area contributed by atoms with E-state index in [1.54, 1.807) is 0 Å². The summed E-state index contributed by atoms with van der Waals surface area (Å²) in [6.07, 6.45) is 7.35. The standard InChI is InChI=1S/C15H23FN2O2/c16-8-13(19)12-7-15(9-17-12)10-5-3-1-2-4-6-11(10)18-14(15)20/h10-12,17H,1-9H2,(H,18,20). The molecular weight excluding hydrogens is 259 g/mol. The third kappa shape index (κ3) is 2.16. The van der Waals surface area contributed by atoms with Gasteiger partial charge in [-0.2, -0.15) is 0 Å². The lowest BCUT2D eigenvalue weighted by molar-refractivity contribution is -0.128. The Hall–Kier alpha value is -0.970. The van der Waals surface area contributed by atoms with E-state index in [0.29, 0.717) is 18.9 Å². The van der Waals surface area contributed by atoms with Crippen molar-refractivity contribution in [2.24, 2.45) is 11.3 Å². The maximum Gasteiger partial charge on any atom is 0.228 e. The summed E-state index contributed by atoms with van der Waals surface area (Å²) < 4.78 is 12.6. The minimum atomic E-state index is -0.941. The fraction of sp³-hybridized carbons (Fsp3) is 0.867. The van der Waals surface area contributed by atoms with Crippen molar-refractivity contribution in [2.45, 2.75) is 57.0 Å². The molecule has 0 aromatic rings. The maximum absolute atomic E-state index is 12.6. The van der Waals surface area contributed by atoms with E-state index in [1.165, 1.54) is 12.8 Å². The molecule has 3 fully saturated rings. The molecule has 2 N–H and O–H groups in total. The summed E-state index contributed by atoms with van der Waals surface area (Å²) >= 11 is 0. The number of carbonyl (C=O) groups excluding carboxylic acids is 2. The van der Waals surface area contributed by atoms with E-state index < -0.39 is 23.9 Å². The fourth-order valence-corrected chi connectivity index (χ4v) is 4.39. The molecular formula is C15H23FN2O2. The number of amides is 1. The maximum atomic E-state index is 12.6. The number of hydrogen-bond donors (Lipinski definition) is 2. The second kappa shape index (κ2) is 5.43. The SMILES string of the molecule is O=C(CF)C1CC2(CN1)C(=O)NC1CCCCCCC12. The number of fused-ring (bicyclic) bond motifs is 2. The highest BCUT2D eigenvalue weighted by atomic mass is 19.1. The van der Waals surface area contributed by atoms with Crippen LogP contribution in [0.15, 0.2) is 0 Å². The van der Waals surface area contributed by atoms with Crippen molar-refractivity contribution in [1.82, 2.24) is 10.6 Å². The first kappa shape index (κ1) is 14.0. The van der Waals surface area contributed by atoms with Gasteiger partial charge in [0.05, 0.1) is 11.5 Å². The third-order valence-corrected chi connectivity index (χ3v) is 5.50. The number of nitrogens with one attached hydrogen (secondary N) is 2. The Balaban J connectivity index is 1.80. The Morgan fingerprint density at radius 1 is 1.25 bits per heavy atom. The molecule has 2 saturated heterocycles. The minimum Gasteiger partial charge on any atom is -0.353 e. The van der Waals surface area contributed by atoms with Crippen molar-refractivity contribution in [3.8, 4) is 0 Å². The molecule has 1 saturated carbocycles. The Labute approximate surface area is 118 Å². The van der Waals surface area contributed by atoms with Crippen molar-refractivity contribution in [3.63, 3.8) is 0 Å².